The van der Waals surface area contributed by atoms with Gasteiger partial charge in [0, 0.05) is 18.3 Å². The van der Waals surface area contributed by atoms with Crippen LogP contribution >= 0.6 is 0 Å². The Morgan fingerprint density at radius 2 is 2.20 bits per heavy atom. The van der Waals surface area contributed by atoms with Gasteiger partial charge >= 0.3 is 0 Å². The molecule has 2 rings (SSSR count). The molecule has 1 aliphatic heterocycles. The lowest BCUT2D eigenvalue weighted by molar-refractivity contribution is -0.117. The molecule has 1 aromatic rings. The number of benzene rings is 1. The Labute approximate surface area is 120 Å². The third-order valence-electron chi connectivity index (χ3n) is 3.79. The van der Waals surface area contributed by atoms with Gasteiger partial charge in [-0.3, -0.25) is 9.69 Å². The second-order valence-electron chi connectivity index (χ2n) is 5.42. The Balaban J connectivity index is 1.80. The second-order valence-corrected chi connectivity index (χ2v) is 5.42. The summed E-state index contributed by atoms with van der Waals surface area (Å²) < 4.78 is 5.08. The van der Waals surface area contributed by atoms with Crippen molar-refractivity contribution in [3.63, 3.8) is 0 Å². The highest BCUT2D eigenvalue weighted by atomic mass is 16.5. The van der Waals surface area contributed by atoms with Crippen molar-refractivity contribution >= 4 is 11.6 Å². The minimum Gasteiger partial charge on any atom is -0.497 e. The summed E-state index contributed by atoms with van der Waals surface area (Å²) in [4.78, 5) is 14.1. The summed E-state index contributed by atoms with van der Waals surface area (Å²) in [5.41, 5.74) is 6.69. The van der Waals surface area contributed by atoms with Crippen LogP contribution in [0.1, 0.15) is 13.3 Å². The molecule has 0 saturated carbocycles. The van der Waals surface area contributed by atoms with E-state index in [-0.39, 0.29) is 11.9 Å². The monoisotopic (exact) mass is 277 g/mol. The molecule has 0 radical (unpaired) electrons. The van der Waals surface area contributed by atoms with Crippen LogP contribution in [0.5, 0.6) is 5.75 Å². The van der Waals surface area contributed by atoms with Crippen LogP contribution in [0, 0.1) is 5.92 Å². The topological polar surface area (TPSA) is 67.6 Å². The fraction of sp³-hybridized carbons (Fsp3) is 0.533. The number of hydrogen-bond acceptors (Lipinski definition) is 4. The third kappa shape index (κ3) is 3.95. The van der Waals surface area contributed by atoms with Crippen LogP contribution in [0.15, 0.2) is 24.3 Å². The van der Waals surface area contributed by atoms with Gasteiger partial charge in [-0.05, 0) is 50.1 Å². The first-order valence-electron chi connectivity index (χ1n) is 7.00. The molecule has 0 bridgehead atoms. The molecule has 2 atom stereocenters. The molecule has 1 fully saturated rings. The van der Waals surface area contributed by atoms with Gasteiger partial charge in [-0.1, -0.05) is 0 Å². The lowest BCUT2D eigenvalue weighted by Gasteiger charge is -2.17. The lowest BCUT2D eigenvalue weighted by Crippen LogP contribution is -2.34. The molecule has 5 nitrogen and oxygen atoms in total. The Morgan fingerprint density at radius 1 is 1.50 bits per heavy atom. The predicted octanol–water partition coefficient (Wildman–Crippen LogP) is 1.30. The van der Waals surface area contributed by atoms with Crippen LogP contribution < -0.4 is 15.8 Å². The molecule has 20 heavy (non-hydrogen) atoms. The van der Waals surface area contributed by atoms with Crippen molar-refractivity contribution in [1.29, 1.82) is 0 Å². The molecule has 1 amide bonds. The lowest BCUT2D eigenvalue weighted by atomic mass is 10.0. The number of hydrogen-bond donors (Lipinski definition) is 2. The van der Waals surface area contributed by atoms with E-state index in [1.54, 1.807) is 7.11 Å². The highest BCUT2D eigenvalue weighted by Crippen LogP contribution is 2.19. The van der Waals surface area contributed by atoms with E-state index in [1.165, 1.54) is 0 Å². The predicted molar refractivity (Wildman–Crippen MR) is 79.8 cm³/mol. The maximum Gasteiger partial charge on any atom is 0.238 e. The minimum absolute atomic E-state index is 0.0143. The summed E-state index contributed by atoms with van der Waals surface area (Å²) in [6.07, 6.45) is 1.08. The minimum atomic E-state index is 0.0143. The molecule has 1 saturated heterocycles. The van der Waals surface area contributed by atoms with Crippen LogP contribution in [-0.4, -0.2) is 43.6 Å². The molecular formula is C15H23N3O2. The van der Waals surface area contributed by atoms with E-state index in [0.29, 0.717) is 12.5 Å². The van der Waals surface area contributed by atoms with Crippen LogP contribution in [0.4, 0.5) is 5.69 Å². The molecule has 0 aliphatic carbocycles. The van der Waals surface area contributed by atoms with Crippen LogP contribution in [0.25, 0.3) is 0 Å². The molecule has 1 heterocycles. The average Bonchev–Trinajstić information content (AvgIpc) is 2.88. The van der Waals surface area contributed by atoms with Crippen molar-refractivity contribution in [1.82, 2.24) is 4.90 Å². The Kier molecular flexibility index (Phi) is 4.98. The number of ether oxygens (including phenoxy) is 1. The fourth-order valence-electron chi connectivity index (χ4n) is 2.51. The van der Waals surface area contributed by atoms with Crippen molar-refractivity contribution in [2.24, 2.45) is 11.7 Å². The first-order valence-corrected chi connectivity index (χ1v) is 7.00. The number of nitrogens with zero attached hydrogens (tertiary/aromatic N) is 1. The maximum atomic E-state index is 12.0. The number of carbonyl (C=O) groups excluding carboxylic acids is 1. The zero-order valence-electron chi connectivity index (χ0n) is 12.1. The van der Waals surface area contributed by atoms with E-state index in [4.69, 9.17) is 10.5 Å². The second kappa shape index (κ2) is 6.72. The molecule has 1 aromatic carbocycles. The van der Waals surface area contributed by atoms with E-state index in [0.717, 1.165) is 30.9 Å². The van der Waals surface area contributed by atoms with E-state index < -0.39 is 0 Å². The van der Waals surface area contributed by atoms with Crippen molar-refractivity contribution in [3.8, 4) is 5.75 Å². The van der Waals surface area contributed by atoms with Gasteiger partial charge in [0.1, 0.15) is 5.75 Å². The molecule has 3 N–H and O–H groups in total. The van der Waals surface area contributed by atoms with Gasteiger partial charge < -0.3 is 15.8 Å². The van der Waals surface area contributed by atoms with Crippen molar-refractivity contribution < 1.29 is 9.53 Å². The molecule has 5 heteroatoms. The number of rotatable bonds is 5. The number of anilines is 1. The third-order valence-corrected chi connectivity index (χ3v) is 3.79. The first kappa shape index (κ1) is 14.8. The van der Waals surface area contributed by atoms with Gasteiger partial charge in [-0.15, -0.1) is 0 Å². The van der Waals surface area contributed by atoms with Crippen molar-refractivity contribution in [3.05, 3.63) is 24.3 Å². The average molecular weight is 277 g/mol. The zero-order valence-corrected chi connectivity index (χ0v) is 12.1. The number of nitrogens with one attached hydrogen (secondary N) is 1. The summed E-state index contributed by atoms with van der Waals surface area (Å²) in [5, 5.41) is 2.90. The number of carbonyl (C=O) groups is 1. The van der Waals surface area contributed by atoms with Gasteiger partial charge in [0.25, 0.3) is 0 Å². The SMILES string of the molecule is COc1ccc(NC(=O)CN2CCC(C(C)N)C2)cc1. The fourth-order valence-corrected chi connectivity index (χ4v) is 2.51. The maximum absolute atomic E-state index is 12.0. The molecule has 110 valence electrons. The van der Waals surface area contributed by atoms with E-state index in [1.807, 2.05) is 31.2 Å². The largest absolute Gasteiger partial charge is 0.497 e. The summed E-state index contributed by atoms with van der Waals surface area (Å²) >= 11 is 0. The number of methoxy groups -OCH3 is 1. The molecule has 2 unspecified atom stereocenters. The molecule has 1 aliphatic rings. The summed E-state index contributed by atoms with van der Waals surface area (Å²) in [5.74, 6) is 1.30. The Hall–Kier alpha value is -1.59. The molecular weight excluding hydrogens is 254 g/mol. The molecule has 0 aromatic heterocycles. The summed E-state index contributed by atoms with van der Waals surface area (Å²) in [6, 6.07) is 7.54. The van der Waals surface area contributed by atoms with Crippen LogP contribution in [0.3, 0.4) is 0 Å². The summed E-state index contributed by atoms with van der Waals surface area (Å²) in [7, 11) is 1.62. The van der Waals surface area contributed by atoms with E-state index in [9.17, 15) is 4.79 Å². The van der Waals surface area contributed by atoms with Crippen molar-refractivity contribution in [2.75, 3.05) is 32.1 Å². The summed E-state index contributed by atoms with van der Waals surface area (Å²) in [6.45, 7) is 4.32. The van der Waals surface area contributed by atoms with Crippen LogP contribution in [0.2, 0.25) is 0 Å². The normalized spacial score (nSPS) is 20.6. The zero-order chi connectivity index (χ0) is 14.5. The smallest absolute Gasteiger partial charge is 0.238 e. The number of likely N-dealkylation sites (tertiary alicyclic amines) is 1. The highest BCUT2D eigenvalue weighted by Gasteiger charge is 2.26. The van der Waals surface area contributed by atoms with E-state index in [2.05, 4.69) is 10.2 Å². The van der Waals surface area contributed by atoms with Gasteiger partial charge in [0.2, 0.25) is 5.91 Å². The quantitative estimate of drug-likeness (QED) is 0.851. The van der Waals surface area contributed by atoms with Crippen LogP contribution in [-0.2, 0) is 4.79 Å². The Morgan fingerprint density at radius 3 is 2.75 bits per heavy atom. The van der Waals surface area contributed by atoms with Gasteiger partial charge in [0.15, 0.2) is 0 Å². The van der Waals surface area contributed by atoms with Gasteiger partial charge in [0.05, 0.1) is 13.7 Å². The van der Waals surface area contributed by atoms with Gasteiger partial charge in [-0.25, -0.2) is 0 Å². The van der Waals surface area contributed by atoms with Crippen molar-refractivity contribution in [2.45, 2.75) is 19.4 Å². The molecule has 0 spiro atoms. The Bertz CT molecular complexity index is 445. The van der Waals surface area contributed by atoms with Gasteiger partial charge in [-0.2, -0.15) is 0 Å². The standard InChI is InChI=1S/C15H23N3O2/c1-11(16)12-7-8-18(9-12)10-15(19)17-13-3-5-14(20-2)6-4-13/h3-6,11-12H,7-10,16H2,1-2H3,(H,17,19). The van der Waals surface area contributed by atoms with E-state index >= 15 is 0 Å². The highest BCUT2D eigenvalue weighted by molar-refractivity contribution is 5.92. The number of amides is 1. The first-order chi connectivity index (χ1) is 9.58. The number of nitrogens with two attached hydrogens (primary N) is 1.